The van der Waals surface area contributed by atoms with E-state index in [0.29, 0.717) is 18.0 Å². The number of fused-ring (bicyclic) bond motifs is 1. The quantitative estimate of drug-likeness (QED) is 0.752. The number of amides is 1. The van der Waals surface area contributed by atoms with Gasteiger partial charge in [-0.3, -0.25) is 18.7 Å². The van der Waals surface area contributed by atoms with Crippen LogP contribution in [0, 0.1) is 5.92 Å². The van der Waals surface area contributed by atoms with Crippen LogP contribution in [0.4, 0.5) is 0 Å². The van der Waals surface area contributed by atoms with Gasteiger partial charge in [-0.1, -0.05) is 19.3 Å². The molecule has 0 bridgehead atoms. The minimum Gasteiger partial charge on any atom is -0.348 e. The number of nitrogens with one attached hydrogen (secondary N) is 1. The minimum absolute atomic E-state index is 0. The normalized spacial score (nSPS) is 15.4. The fraction of sp³-hybridized carbons (Fsp3) is 0.556. The average Bonchev–Trinajstić information content (AvgIpc) is 2.68. The number of aryl methyl sites for hydroxylation is 1. The fourth-order valence-electron chi connectivity index (χ4n) is 3.75. The van der Waals surface area contributed by atoms with Crippen molar-refractivity contribution in [3.05, 3.63) is 38.7 Å². The molecule has 156 valence electrons. The first kappa shape index (κ1) is 24.1. The molecule has 1 atom stereocenters. The van der Waals surface area contributed by atoms with E-state index in [9.17, 15) is 14.4 Å². The van der Waals surface area contributed by atoms with Crippen LogP contribution in [0.3, 0.4) is 0 Å². The highest BCUT2D eigenvalue weighted by Crippen LogP contribution is 2.26. The summed E-state index contributed by atoms with van der Waals surface area (Å²) in [5.41, 5.74) is 5.52. The smallest absolute Gasteiger partial charge is 0.332 e. The van der Waals surface area contributed by atoms with E-state index in [2.05, 4.69) is 10.3 Å². The minimum atomic E-state index is -0.465. The third kappa shape index (κ3) is 4.56. The first-order valence-corrected chi connectivity index (χ1v) is 9.00. The predicted molar refractivity (Wildman–Crippen MR) is 114 cm³/mol. The number of rotatable bonds is 4. The Balaban J connectivity index is 0.00000196. The van der Waals surface area contributed by atoms with E-state index in [0.717, 1.165) is 17.4 Å². The summed E-state index contributed by atoms with van der Waals surface area (Å²) in [5.74, 6) is 0.0936. The molecule has 28 heavy (non-hydrogen) atoms. The molecule has 1 unspecified atom stereocenters. The summed E-state index contributed by atoms with van der Waals surface area (Å²) in [4.78, 5) is 41.2. The van der Waals surface area contributed by atoms with Crippen molar-refractivity contribution in [2.75, 3.05) is 6.54 Å². The summed E-state index contributed by atoms with van der Waals surface area (Å²) in [6, 6.07) is 1.41. The Kier molecular flexibility index (Phi) is 8.66. The number of nitrogens with two attached hydrogens (primary N) is 1. The van der Waals surface area contributed by atoms with Crippen LogP contribution in [-0.2, 0) is 14.1 Å². The van der Waals surface area contributed by atoms with Gasteiger partial charge in [0.2, 0.25) is 0 Å². The number of nitrogens with zero attached hydrogens (tertiary/aromatic N) is 3. The molecular weight excluding hydrogens is 405 g/mol. The molecule has 3 rings (SSSR count). The lowest BCUT2D eigenvalue weighted by atomic mass is 9.84. The number of carbonyl (C=O) groups excluding carboxylic acids is 1. The maximum absolute atomic E-state index is 12.7. The molecule has 0 radical (unpaired) electrons. The lowest BCUT2D eigenvalue weighted by Crippen LogP contribution is -2.46. The maximum atomic E-state index is 12.7. The second-order valence-corrected chi connectivity index (χ2v) is 7.01. The Morgan fingerprint density at radius 2 is 1.86 bits per heavy atom. The lowest BCUT2D eigenvalue weighted by Gasteiger charge is -2.30. The molecule has 0 aliphatic heterocycles. The molecule has 0 spiro atoms. The highest BCUT2D eigenvalue weighted by Gasteiger charge is 2.24. The monoisotopic (exact) mass is 431 g/mol. The Morgan fingerprint density at radius 1 is 1.21 bits per heavy atom. The first-order valence-electron chi connectivity index (χ1n) is 9.00. The van der Waals surface area contributed by atoms with E-state index >= 15 is 0 Å². The van der Waals surface area contributed by atoms with Crippen molar-refractivity contribution in [3.63, 3.8) is 0 Å². The summed E-state index contributed by atoms with van der Waals surface area (Å²) >= 11 is 0. The SMILES string of the molecule is Cl.Cl.Cn1c(=O)c2cc(C(=O)NC(CN)C3CCCCC3)cnc2n(C)c1=O. The van der Waals surface area contributed by atoms with Gasteiger partial charge < -0.3 is 11.1 Å². The molecule has 1 fully saturated rings. The number of carbonyl (C=O) groups is 1. The molecule has 3 N–H and O–H groups in total. The van der Waals surface area contributed by atoms with Gasteiger partial charge in [0.15, 0.2) is 0 Å². The Hall–Kier alpha value is -1.90. The van der Waals surface area contributed by atoms with Crippen LogP contribution in [0.15, 0.2) is 21.9 Å². The van der Waals surface area contributed by atoms with Crippen molar-refractivity contribution in [2.24, 2.45) is 25.7 Å². The largest absolute Gasteiger partial charge is 0.348 e. The van der Waals surface area contributed by atoms with Gasteiger partial charge in [-0.25, -0.2) is 9.78 Å². The van der Waals surface area contributed by atoms with Crippen molar-refractivity contribution < 1.29 is 4.79 Å². The molecule has 8 nitrogen and oxygen atoms in total. The van der Waals surface area contributed by atoms with Gasteiger partial charge in [-0.05, 0) is 24.8 Å². The van der Waals surface area contributed by atoms with E-state index < -0.39 is 11.2 Å². The summed E-state index contributed by atoms with van der Waals surface area (Å²) in [6.45, 7) is 0.383. The molecule has 2 aromatic heterocycles. The van der Waals surface area contributed by atoms with E-state index in [-0.39, 0.29) is 47.8 Å². The van der Waals surface area contributed by atoms with Crippen LogP contribution in [0.5, 0.6) is 0 Å². The number of hydrogen-bond donors (Lipinski definition) is 2. The van der Waals surface area contributed by atoms with Crippen LogP contribution >= 0.6 is 24.8 Å². The lowest BCUT2D eigenvalue weighted by molar-refractivity contribution is 0.0915. The van der Waals surface area contributed by atoms with Gasteiger partial charge in [0, 0.05) is 32.9 Å². The Morgan fingerprint density at radius 3 is 2.46 bits per heavy atom. The summed E-state index contributed by atoms with van der Waals surface area (Å²) in [6.07, 6.45) is 7.10. The van der Waals surface area contributed by atoms with Gasteiger partial charge in [0.25, 0.3) is 11.5 Å². The van der Waals surface area contributed by atoms with E-state index in [1.807, 2.05) is 0 Å². The molecular formula is C18H27Cl2N5O3. The van der Waals surface area contributed by atoms with Crippen LogP contribution < -0.4 is 22.3 Å². The molecule has 1 aliphatic rings. The van der Waals surface area contributed by atoms with Crippen molar-refractivity contribution in [3.8, 4) is 0 Å². The average molecular weight is 432 g/mol. The molecule has 10 heteroatoms. The van der Waals surface area contributed by atoms with E-state index in [4.69, 9.17) is 5.73 Å². The number of pyridine rings is 1. The molecule has 1 saturated carbocycles. The molecule has 0 aromatic carbocycles. The van der Waals surface area contributed by atoms with Gasteiger partial charge in [-0.15, -0.1) is 24.8 Å². The van der Waals surface area contributed by atoms with Gasteiger partial charge >= 0.3 is 5.69 Å². The zero-order chi connectivity index (χ0) is 18.8. The third-order valence-electron chi connectivity index (χ3n) is 5.34. The molecule has 2 aromatic rings. The Labute approximate surface area is 175 Å². The number of halogens is 2. The maximum Gasteiger partial charge on any atom is 0.332 e. The standard InChI is InChI=1S/C18H25N5O3.2ClH/c1-22-15-13(17(25)23(2)18(22)26)8-12(10-20-15)16(24)21-14(9-19)11-6-4-3-5-7-11;;/h8,10-11,14H,3-7,9,19H2,1-2H3,(H,21,24);2*1H. The molecule has 1 aliphatic carbocycles. The zero-order valence-corrected chi connectivity index (χ0v) is 17.6. The van der Waals surface area contributed by atoms with Crippen LogP contribution in [-0.4, -0.2) is 32.6 Å². The van der Waals surface area contributed by atoms with Crippen LogP contribution in [0.1, 0.15) is 42.5 Å². The van der Waals surface area contributed by atoms with Gasteiger partial charge in [-0.2, -0.15) is 0 Å². The summed E-state index contributed by atoms with van der Waals surface area (Å²) in [7, 11) is 2.95. The fourth-order valence-corrected chi connectivity index (χ4v) is 3.75. The van der Waals surface area contributed by atoms with Crippen molar-refractivity contribution in [1.29, 1.82) is 0 Å². The second kappa shape index (κ2) is 10.0. The van der Waals surface area contributed by atoms with Crippen LogP contribution in [0.2, 0.25) is 0 Å². The first-order chi connectivity index (χ1) is 12.4. The molecule has 2 heterocycles. The molecule has 1 amide bonds. The number of hydrogen-bond acceptors (Lipinski definition) is 5. The molecule has 0 saturated heterocycles. The number of aromatic nitrogens is 3. The third-order valence-corrected chi connectivity index (χ3v) is 5.34. The zero-order valence-electron chi connectivity index (χ0n) is 16.0. The highest BCUT2D eigenvalue weighted by atomic mass is 35.5. The van der Waals surface area contributed by atoms with Gasteiger partial charge in [0.1, 0.15) is 5.65 Å². The predicted octanol–water partition coefficient (Wildman–Crippen LogP) is 1.11. The van der Waals surface area contributed by atoms with Crippen molar-refractivity contribution in [2.45, 2.75) is 38.1 Å². The Bertz CT molecular complexity index is 951. The van der Waals surface area contributed by atoms with E-state index in [1.165, 1.54) is 43.1 Å². The van der Waals surface area contributed by atoms with Gasteiger partial charge in [0.05, 0.1) is 10.9 Å². The van der Waals surface area contributed by atoms with Crippen molar-refractivity contribution in [1.82, 2.24) is 19.4 Å². The van der Waals surface area contributed by atoms with Crippen molar-refractivity contribution >= 4 is 41.8 Å². The second-order valence-electron chi connectivity index (χ2n) is 7.01. The summed E-state index contributed by atoms with van der Waals surface area (Å²) < 4.78 is 2.31. The van der Waals surface area contributed by atoms with E-state index in [1.54, 1.807) is 7.05 Å². The summed E-state index contributed by atoms with van der Waals surface area (Å²) in [5, 5.41) is 3.24. The topological polar surface area (TPSA) is 112 Å². The highest BCUT2D eigenvalue weighted by molar-refractivity contribution is 5.96. The van der Waals surface area contributed by atoms with Crippen LogP contribution in [0.25, 0.3) is 11.0 Å².